The van der Waals surface area contributed by atoms with Crippen LogP contribution in [0, 0.1) is 0 Å². The van der Waals surface area contributed by atoms with Gasteiger partial charge < -0.3 is 9.32 Å². The van der Waals surface area contributed by atoms with Crippen LogP contribution in [0.5, 0.6) is 0 Å². The van der Waals surface area contributed by atoms with Crippen LogP contribution in [0.2, 0.25) is 0 Å². The van der Waals surface area contributed by atoms with E-state index < -0.39 is 0 Å². The number of fused-ring (bicyclic) bond motifs is 4. The van der Waals surface area contributed by atoms with E-state index in [4.69, 9.17) is 4.42 Å². The van der Waals surface area contributed by atoms with Gasteiger partial charge in [-0.2, -0.15) is 0 Å². The second-order valence-electron chi connectivity index (χ2n) is 12.2. The SMILES string of the molecule is c1ccc(-c2ccc(N(c3ccccc3-c3ccc4ccccc4c3)c3ccccc3-c3ccc4c(c3)oc3ccccc34)cc2)cc1. The number of nitrogens with zero attached hydrogens (tertiary/aromatic N) is 1. The van der Waals surface area contributed by atoms with Crippen LogP contribution in [0.1, 0.15) is 0 Å². The molecule has 2 heteroatoms. The van der Waals surface area contributed by atoms with Crippen LogP contribution in [0.15, 0.2) is 192 Å². The van der Waals surface area contributed by atoms with E-state index in [9.17, 15) is 0 Å². The summed E-state index contributed by atoms with van der Waals surface area (Å²) in [5.74, 6) is 0. The molecular formula is C46H31NO. The predicted molar refractivity (Wildman–Crippen MR) is 202 cm³/mol. The van der Waals surface area contributed by atoms with Crippen molar-refractivity contribution in [3.63, 3.8) is 0 Å². The van der Waals surface area contributed by atoms with Crippen LogP contribution < -0.4 is 4.90 Å². The van der Waals surface area contributed by atoms with Gasteiger partial charge in [0.2, 0.25) is 0 Å². The topological polar surface area (TPSA) is 16.4 Å². The molecule has 0 saturated heterocycles. The summed E-state index contributed by atoms with van der Waals surface area (Å²) in [6.07, 6.45) is 0. The lowest BCUT2D eigenvalue weighted by Gasteiger charge is -2.30. The zero-order valence-corrected chi connectivity index (χ0v) is 26.3. The number of furan rings is 1. The molecule has 226 valence electrons. The van der Waals surface area contributed by atoms with Crippen molar-refractivity contribution in [1.82, 2.24) is 0 Å². The summed E-state index contributed by atoms with van der Waals surface area (Å²) in [7, 11) is 0. The Kier molecular flexibility index (Phi) is 6.84. The standard InChI is InChI=1S/C46H31NO/c1-2-12-32(13-3-1)34-24-27-38(28-25-34)47(43-19-9-6-16-39(43)36-23-22-33-14-4-5-15-35(33)30-36)44-20-10-7-17-40(44)37-26-29-42-41-18-8-11-21-45(41)48-46(42)31-37/h1-31H. The molecule has 0 amide bonds. The normalized spacial score (nSPS) is 11.3. The van der Waals surface area contributed by atoms with Crippen molar-refractivity contribution in [2.24, 2.45) is 0 Å². The van der Waals surface area contributed by atoms with Gasteiger partial charge >= 0.3 is 0 Å². The predicted octanol–water partition coefficient (Wildman–Crippen LogP) is 13.2. The van der Waals surface area contributed by atoms with Gasteiger partial charge in [0.15, 0.2) is 0 Å². The molecule has 0 unspecified atom stereocenters. The maximum Gasteiger partial charge on any atom is 0.136 e. The first-order valence-electron chi connectivity index (χ1n) is 16.3. The Labute approximate surface area is 279 Å². The summed E-state index contributed by atoms with van der Waals surface area (Å²) in [6.45, 7) is 0. The average molecular weight is 614 g/mol. The van der Waals surface area contributed by atoms with Gasteiger partial charge in [-0.25, -0.2) is 0 Å². The number of hydrogen-bond donors (Lipinski definition) is 0. The van der Waals surface area contributed by atoms with E-state index in [1.807, 2.05) is 12.1 Å². The van der Waals surface area contributed by atoms with Crippen LogP contribution >= 0.6 is 0 Å². The second kappa shape index (κ2) is 11.8. The largest absolute Gasteiger partial charge is 0.456 e. The van der Waals surface area contributed by atoms with E-state index in [1.54, 1.807) is 0 Å². The summed E-state index contributed by atoms with van der Waals surface area (Å²) in [5, 5.41) is 4.72. The highest BCUT2D eigenvalue weighted by molar-refractivity contribution is 6.06. The van der Waals surface area contributed by atoms with Gasteiger partial charge in [0.05, 0.1) is 11.4 Å². The van der Waals surface area contributed by atoms with E-state index >= 15 is 0 Å². The molecule has 0 radical (unpaired) electrons. The summed E-state index contributed by atoms with van der Waals surface area (Å²) >= 11 is 0. The van der Waals surface area contributed by atoms with Gasteiger partial charge in [-0.1, -0.05) is 140 Å². The van der Waals surface area contributed by atoms with Crippen LogP contribution in [-0.2, 0) is 0 Å². The Hall–Kier alpha value is -6.38. The fourth-order valence-corrected chi connectivity index (χ4v) is 6.92. The van der Waals surface area contributed by atoms with Crippen LogP contribution in [0.3, 0.4) is 0 Å². The molecule has 1 heterocycles. The average Bonchev–Trinajstić information content (AvgIpc) is 3.54. The first-order valence-corrected chi connectivity index (χ1v) is 16.3. The monoisotopic (exact) mass is 613 g/mol. The van der Waals surface area contributed by atoms with Crippen LogP contribution in [-0.4, -0.2) is 0 Å². The van der Waals surface area contributed by atoms with E-state index in [-0.39, 0.29) is 0 Å². The first-order chi connectivity index (χ1) is 23.8. The Balaban J connectivity index is 1.24. The summed E-state index contributed by atoms with van der Waals surface area (Å²) < 4.78 is 6.34. The third-order valence-electron chi connectivity index (χ3n) is 9.27. The molecule has 48 heavy (non-hydrogen) atoms. The van der Waals surface area contributed by atoms with Crippen molar-refractivity contribution in [1.29, 1.82) is 0 Å². The van der Waals surface area contributed by atoms with Gasteiger partial charge in [0.1, 0.15) is 11.2 Å². The van der Waals surface area contributed by atoms with Crippen molar-refractivity contribution in [2.45, 2.75) is 0 Å². The molecule has 9 aromatic rings. The summed E-state index contributed by atoms with van der Waals surface area (Å²) in [6, 6.07) is 67.0. The molecule has 0 N–H and O–H groups in total. The smallest absolute Gasteiger partial charge is 0.136 e. The lowest BCUT2D eigenvalue weighted by atomic mass is 9.96. The van der Waals surface area contributed by atoms with E-state index in [1.165, 1.54) is 27.5 Å². The number of anilines is 3. The van der Waals surface area contributed by atoms with Crippen molar-refractivity contribution >= 4 is 49.8 Å². The number of para-hydroxylation sites is 3. The van der Waals surface area contributed by atoms with Gasteiger partial charge in [-0.15, -0.1) is 0 Å². The Morgan fingerprint density at radius 3 is 1.65 bits per heavy atom. The number of benzene rings is 8. The van der Waals surface area contributed by atoms with Crippen LogP contribution in [0.4, 0.5) is 17.1 Å². The fourth-order valence-electron chi connectivity index (χ4n) is 6.92. The third-order valence-corrected chi connectivity index (χ3v) is 9.27. The molecule has 0 spiro atoms. The zero-order valence-electron chi connectivity index (χ0n) is 26.3. The van der Waals surface area contributed by atoms with Crippen molar-refractivity contribution in [3.05, 3.63) is 188 Å². The molecule has 0 aliphatic rings. The quantitative estimate of drug-likeness (QED) is 0.185. The molecule has 2 nitrogen and oxygen atoms in total. The molecule has 0 bridgehead atoms. The highest BCUT2D eigenvalue weighted by Gasteiger charge is 2.21. The molecule has 8 aromatic carbocycles. The Morgan fingerprint density at radius 2 is 0.875 bits per heavy atom. The third kappa shape index (κ3) is 4.92. The number of rotatable bonds is 6. The molecule has 1 aromatic heterocycles. The van der Waals surface area contributed by atoms with E-state index in [0.717, 1.165) is 55.7 Å². The molecule has 0 aliphatic heterocycles. The summed E-state index contributed by atoms with van der Waals surface area (Å²) in [4.78, 5) is 2.40. The van der Waals surface area contributed by atoms with E-state index in [0.29, 0.717) is 0 Å². The Morgan fingerprint density at radius 1 is 0.333 bits per heavy atom. The molecule has 0 fully saturated rings. The maximum atomic E-state index is 6.34. The molecule has 0 saturated carbocycles. The zero-order chi connectivity index (χ0) is 31.9. The van der Waals surface area contributed by atoms with Crippen molar-refractivity contribution < 1.29 is 4.42 Å². The molecule has 0 aliphatic carbocycles. The summed E-state index contributed by atoms with van der Waals surface area (Å²) in [5.41, 5.74) is 12.0. The maximum absolute atomic E-state index is 6.34. The first kappa shape index (κ1) is 27.9. The van der Waals surface area contributed by atoms with Gasteiger partial charge in [0.25, 0.3) is 0 Å². The van der Waals surface area contributed by atoms with Crippen molar-refractivity contribution in [3.8, 4) is 33.4 Å². The molecule has 9 rings (SSSR count). The Bertz CT molecular complexity index is 2560. The van der Waals surface area contributed by atoms with Gasteiger partial charge in [-0.05, 0) is 81.6 Å². The van der Waals surface area contributed by atoms with Gasteiger partial charge in [0, 0.05) is 27.6 Å². The minimum Gasteiger partial charge on any atom is -0.456 e. The van der Waals surface area contributed by atoms with Crippen molar-refractivity contribution in [2.75, 3.05) is 4.90 Å². The lowest BCUT2D eigenvalue weighted by molar-refractivity contribution is 0.669. The second-order valence-corrected chi connectivity index (χ2v) is 12.2. The van der Waals surface area contributed by atoms with Crippen LogP contribution in [0.25, 0.3) is 66.1 Å². The molecule has 0 atom stereocenters. The minimum atomic E-state index is 0.888. The van der Waals surface area contributed by atoms with E-state index in [2.05, 4.69) is 181 Å². The number of hydrogen-bond acceptors (Lipinski definition) is 2. The minimum absolute atomic E-state index is 0.888. The highest BCUT2D eigenvalue weighted by Crippen LogP contribution is 2.46. The highest BCUT2D eigenvalue weighted by atomic mass is 16.3. The molecular weight excluding hydrogens is 583 g/mol. The fraction of sp³-hybridized carbons (Fsp3) is 0. The van der Waals surface area contributed by atoms with Gasteiger partial charge in [-0.3, -0.25) is 0 Å². The lowest BCUT2D eigenvalue weighted by Crippen LogP contribution is -2.12.